The van der Waals surface area contributed by atoms with Crippen LogP contribution < -0.4 is 16.0 Å². The van der Waals surface area contributed by atoms with Gasteiger partial charge in [-0.2, -0.15) is 5.10 Å². The highest BCUT2D eigenvalue weighted by molar-refractivity contribution is 7.92. The van der Waals surface area contributed by atoms with E-state index in [0.717, 1.165) is 29.0 Å². The Bertz CT molecular complexity index is 2530. The van der Waals surface area contributed by atoms with Crippen molar-refractivity contribution in [1.82, 2.24) is 29.2 Å². The maximum atomic E-state index is 15.0. The first kappa shape index (κ1) is 41.7. The van der Waals surface area contributed by atoms with Crippen molar-refractivity contribution in [1.29, 1.82) is 0 Å². The molecule has 312 valence electrons. The topological polar surface area (TPSA) is 141 Å². The van der Waals surface area contributed by atoms with Crippen LogP contribution in [0.3, 0.4) is 0 Å². The Morgan fingerprint density at radius 3 is 2.19 bits per heavy atom. The Morgan fingerprint density at radius 1 is 0.931 bits per heavy atom. The fraction of sp³-hybridized carbons (Fsp3) is 0.459. The number of benzene rings is 2. The minimum Gasteiger partial charge on any atom is -0.321 e. The standard InChI is InChI=1S/C37H37ClF8N8O3S/c1-58(56,57)51-33-29-24(38)2-3-27(30(29)53(50-33)13-12-52-10-8-37(45,46)9-11-52)54-34(25(47)16-19-14-21(39)17-22(40)15-19)49-32-28(35(54)55)23(31(41)42)18-26(48-32)20-4-6-36(43,44)7-5-20/h2-3,14-15,17-18,20,25,31H,4-13,16,47H2,1H3,(H,50,51)/t25-/m0/s1. The molecule has 5 aromatic rings. The molecule has 0 bridgehead atoms. The predicted octanol–water partition coefficient (Wildman–Crippen LogP) is 7.64. The van der Waals surface area contributed by atoms with Crippen LogP contribution in [0.2, 0.25) is 5.02 Å². The largest absolute Gasteiger partial charge is 0.321 e. The molecule has 2 fully saturated rings. The Kier molecular flexibility index (Phi) is 11.3. The number of rotatable bonds is 11. The third kappa shape index (κ3) is 8.79. The van der Waals surface area contributed by atoms with Crippen LogP contribution >= 0.6 is 11.6 Å². The summed E-state index contributed by atoms with van der Waals surface area (Å²) >= 11 is 6.66. The molecule has 1 saturated carbocycles. The first-order valence-corrected chi connectivity index (χ1v) is 20.6. The maximum Gasteiger partial charge on any atom is 0.268 e. The lowest BCUT2D eigenvalue weighted by atomic mass is 9.84. The van der Waals surface area contributed by atoms with E-state index in [-0.39, 0.29) is 90.0 Å². The monoisotopic (exact) mass is 860 g/mol. The Hall–Kier alpha value is -4.40. The van der Waals surface area contributed by atoms with Crippen molar-refractivity contribution >= 4 is 49.4 Å². The van der Waals surface area contributed by atoms with Crippen LogP contribution in [0.1, 0.15) is 79.6 Å². The number of fused-ring (bicyclic) bond motifs is 2. The number of nitrogens with two attached hydrogens (primary N) is 1. The van der Waals surface area contributed by atoms with Crippen molar-refractivity contribution in [2.45, 2.75) is 81.7 Å². The third-order valence-corrected chi connectivity index (χ3v) is 11.4. The first-order chi connectivity index (χ1) is 27.2. The van der Waals surface area contributed by atoms with Crippen LogP contribution in [-0.4, -0.2) is 75.4 Å². The quantitative estimate of drug-likeness (QED) is 0.129. The molecule has 21 heteroatoms. The number of anilines is 1. The molecule has 1 saturated heterocycles. The van der Waals surface area contributed by atoms with Crippen molar-refractivity contribution in [3.8, 4) is 5.69 Å². The van der Waals surface area contributed by atoms with Gasteiger partial charge in [0.15, 0.2) is 11.5 Å². The summed E-state index contributed by atoms with van der Waals surface area (Å²) in [6.45, 7) is 0.149. The highest BCUT2D eigenvalue weighted by atomic mass is 35.5. The second-order valence-electron chi connectivity index (χ2n) is 14.9. The molecular weight excluding hydrogens is 824 g/mol. The normalized spacial score (nSPS) is 18.3. The molecule has 58 heavy (non-hydrogen) atoms. The first-order valence-electron chi connectivity index (χ1n) is 18.3. The van der Waals surface area contributed by atoms with Crippen LogP contribution in [0.5, 0.6) is 0 Å². The van der Waals surface area contributed by atoms with Gasteiger partial charge in [0.2, 0.25) is 15.9 Å². The summed E-state index contributed by atoms with van der Waals surface area (Å²) in [5.74, 6) is -8.87. The lowest BCUT2D eigenvalue weighted by Gasteiger charge is -2.31. The van der Waals surface area contributed by atoms with Gasteiger partial charge in [0, 0.05) is 68.6 Å². The molecule has 3 aromatic heterocycles. The summed E-state index contributed by atoms with van der Waals surface area (Å²) in [6.07, 6.45) is -4.69. The molecular formula is C37H37ClF8N8O3S. The molecule has 1 aliphatic carbocycles. The molecule has 3 N–H and O–H groups in total. The molecule has 2 aromatic carbocycles. The van der Waals surface area contributed by atoms with E-state index < -0.39 is 99.7 Å². The van der Waals surface area contributed by atoms with Gasteiger partial charge in [-0.15, -0.1) is 0 Å². The summed E-state index contributed by atoms with van der Waals surface area (Å²) in [4.78, 5) is 25.6. The summed E-state index contributed by atoms with van der Waals surface area (Å²) < 4.78 is 144. The Balaban J connectivity index is 1.47. The number of halogens is 9. The van der Waals surface area contributed by atoms with Gasteiger partial charge in [-0.25, -0.2) is 53.5 Å². The Morgan fingerprint density at radius 2 is 1.57 bits per heavy atom. The number of aromatic nitrogens is 5. The lowest BCUT2D eigenvalue weighted by Crippen LogP contribution is -2.40. The number of nitrogens with zero attached hydrogens (tertiary/aromatic N) is 6. The smallest absolute Gasteiger partial charge is 0.268 e. The second kappa shape index (κ2) is 15.6. The van der Waals surface area contributed by atoms with E-state index in [1.54, 1.807) is 4.90 Å². The highest BCUT2D eigenvalue weighted by Crippen LogP contribution is 2.42. The zero-order valence-electron chi connectivity index (χ0n) is 30.8. The van der Waals surface area contributed by atoms with Gasteiger partial charge >= 0.3 is 0 Å². The molecule has 7 rings (SSSR count). The number of hydrogen-bond acceptors (Lipinski definition) is 8. The third-order valence-electron chi connectivity index (χ3n) is 10.6. The summed E-state index contributed by atoms with van der Waals surface area (Å²) in [7, 11) is -4.01. The van der Waals surface area contributed by atoms with Crippen molar-refractivity contribution < 1.29 is 43.5 Å². The van der Waals surface area contributed by atoms with E-state index in [4.69, 9.17) is 17.3 Å². The molecule has 11 nitrogen and oxygen atoms in total. The SMILES string of the molecule is CS(=O)(=O)Nc1nn(CCN2CCC(F)(F)CC2)c2c(-n3c([C@@H](N)Cc4cc(F)cc(F)c4)nc4nc(C5CCC(F)(F)CC5)cc(C(F)F)c4c3=O)ccc(Cl)c12. The summed E-state index contributed by atoms with van der Waals surface area (Å²) in [5, 5.41) is 3.73. The number of hydrogen-bond donors (Lipinski definition) is 2. The van der Waals surface area contributed by atoms with Crippen LogP contribution in [0, 0.1) is 11.6 Å². The average Bonchev–Trinajstić information content (AvgIpc) is 3.47. The molecule has 1 atom stereocenters. The van der Waals surface area contributed by atoms with Gasteiger partial charge in [-0.05, 0) is 55.2 Å². The van der Waals surface area contributed by atoms with E-state index in [2.05, 4.69) is 19.8 Å². The van der Waals surface area contributed by atoms with Gasteiger partial charge < -0.3 is 10.6 Å². The van der Waals surface area contributed by atoms with E-state index >= 15 is 0 Å². The van der Waals surface area contributed by atoms with Crippen LogP contribution in [-0.2, 0) is 23.0 Å². The molecule has 0 amide bonds. The molecule has 2 aliphatic rings. The summed E-state index contributed by atoms with van der Waals surface area (Å²) in [6, 6.07) is 4.89. The van der Waals surface area contributed by atoms with Crippen molar-refractivity contribution in [3.63, 3.8) is 0 Å². The van der Waals surface area contributed by atoms with Gasteiger partial charge in [0.1, 0.15) is 17.5 Å². The van der Waals surface area contributed by atoms with Crippen molar-refractivity contribution in [2.75, 3.05) is 30.6 Å². The van der Waals surface area contributed by atoms with Crippen LogP contribution in [0.4, 0.5) is 40.9 Å². The van der Waals surface area contributed by atoms with E-state index in [0.29, 0.717) is 6.07 Å². The Labute approximate surface area is 331 Å². The summed E-state index contributed by atoms with van der Waals surface area (Å²) in [5.41, 5.74) is 4.26. The highest BCUT2D eigenvalue weighted by Gasteiger charge is 2.37. The second-order valence-corrected chi connectivity index (χ2v) is 17.1. The number of likely N-dealkylation sites (tertiary alicyclic amines) is 1. The van der Waals surface area contributed by atoms with Gasteiger partial charge in [-0.1, -0.05) is 11.6 Å². The van der Waals surface area contributed by atoms with Crippen LogP contribution in [0.25, 0.3) is 27.6 Å². The fourth-order valence-electron chi connectivity index (χ4n) is 7.71. The van der Waals surface area contributed by atoms with E-state index in [1.165, 1.54) is 16.8 Å². The number of alkyl halides is 6. The molecule has 0 radical (unpaired) electrons. The van der Waals surface area contributed by atoms with E-state index in [1.807, 2.05) is 0 Å². The fourth-order valence-corrected chi connectivity index (χ4v) is 8.45. The predicted molar refractivity (Wildman–Crippen MR) is 201 cm³/mol. The minimum atomic E-state index is -4.01. The maximum absolute atomic E-state index is 15.0. The minimum absolute atomic E-state index is 0.000740. The lowest BCUT2D eigenvalue weighted by molar-refractivity contribution is -0.0555. The zero-order chi connectivity index (χ0) is 41.9. The van der Waals surface area contributed by atoms with E-state index in [9.17, 15) is 48.3 Å². The molecule has 0 unspecified atom stereocenters. The van der Waals surface area contributed by atoms with Crippen molar-refractivity contribution in [3.05, 3.63) is 86.1 Å². The van der Waals surface area contributed by atoms with Gasteiger partial charge in [0.25, 0.3) is 17.9 Å². The number of nitrogens with one attached hydrogen (secondary N) is 1. The number of piperidine rings is 1. The molecule has 0 spiro atoms. The number of sulfonamides is 1. The molecule has 4 heterocycles. The van der Waals surface area contributed by atoms with Gasteiger partial charge in [0.05, 0.1) is 45.8 Å². The average molecular weight is 861 g/mol. The van der Waals surface area contributed by atoms with Crippen LogP contribution in [0.15, 0.2) is 41.2 Å². The number of pyridine rings is 1. The molecule has 1 aliphatic heterocycles. The van der Waals surface area contributed by atoms with Crippen molar-refractivity contribution in [2.24, 2.45) is 5.73 Å². The van der Waals surface area contributed by atoms with Gasteiger partial charge in [-0.3, -0.25) is 18.8 Å². The zero-order valence-corrected chi connectivity index (χ0v) is 32.3.